The van der Waals surface area contributed by atoms with Crippen LogP contribution in [-0.4, -0.2) is 45.7 Å². The lowest BCUT2D eigenvalue weighted by molar-refractivity contribution is 0.0204. The van der Waals surface area contributed by atoms with Gasteiger partial charge in [0.2, 0.25) is 0 Å². The number of carbonyl (C=O) groups is 2. The van der Waals surface area contributed by atoms with Crippen LogP contribution < -0.4 is 5.32 Å². The number of thiazole rings is 1. The maximum atomic E-state index is 12.4. The number of nitrogens with zero attached hydrogens (tertiary/aromatic N) is 2. The summed E-state index contributed by atoms with van der Waals surface area (Å²) in [5, 5.41) is 15.4. The molecule has 0 atom stereocenters. The molecule has 3 rings (SSSR count). The normalized spacial score (nSPS) is 15.2. The van der Waals surface area contributed by atoms with Crippen LogP contribution in [0.4, 0.5) is 10.6 Å². The predicted molar refractivity (Wildman–Crippen MR) is 113 cm³/mol. The maximum Gasteiger partial charge on any atom is 0.410 e. The Hall–Kier alpha value is -2.32. The largest absolute Gasteiger partial charge is 0.506 e. The number of amides is 2. The SMILES string of the molecule is CC(C)(C)OC(=O)N1CCC(c2nc(NC(=O)c3cccc(Cl)c3O)cs2)CC1. The number of phenolic OH excluding ortho intramolecular Hbond substituents is 1. The number of nitrogens with one attached hydrogen (secondary N) is 1. The van der Waals surface area contributed by atoms with Gasteiger partial charge in [-0.25, -0.2) is 9.78 Å². The minimum Gasteiger partial charge on any atom is -0.506 e. The molecule has 29 heavy (non-hydrogen) atoms. The number of aromatic nitrogens is 1. The molecule has 0 radical (unpaired) electrons. The molecule has 2 N–H and O–H groups in total. The molecule has 0 aliphatic carbocycles. The Labute approximate surface area is 178 Å². The summed E-state index contributed by atoms with van der Waals surface area (Å²) in [5.74, 6) is -0.0638. The Morgan fingerprint density at radius 2 is 2.00 bits per heavy atom. The first-order valence-electron chi connectivity index (χ1n) is 9.36. The van der Waals surface area contributed by atoms with Crippen molar-refractivity contribution in [1.29, 1.82) is 0 Å². The zero-order valence-corrected chi connectivity index (χ0v) is 18.1. The number of rotatable bonds is 3. The molecule has 1 aromatic heterocycles. The summed E-state index contributed by atoms with van der Waals surface area (Å²) < 4.78 is 5.42. The molecule has 1 aliphatic heterocycles. The van der Waals surface area contributed by atoms with Gasteiger partial charge in [-0.1, -0.05) is 17.7 Å². The van der Waals surface area contributed by atoms with Gasteiger partial charge >= 0.3 is 6.09 Å². The van der Waals surface area contributed by atoms with Crippen molar-refractivity contribution in [3.05, 3.63) is 39.2 Å². The van der Waals surface area contributed by atoms with Crippen molar-refractivity contribution in [2.75, 3.05) is 18.4 Å². The topological polar surface area (TPSA) is 91.8 Å². The van der Waals surface area contributed by atoms with E-state index in [0.717, 1.165) is 17.8 Å². The van der Waals surface area contributed by atoms with Crippen LogP contribution in [0.3, 0.4) is 0 Å². The van der Waals surface area contributed by atoms with E-state index in [4.69, 9.17) is 16.3 Å². The first kappa shape index (κ1) is 21.4. The van der Waals surface area contributed by atoms with E-state index in [9.17, 15) is 14.7 Å². The van der Waals surface area contributed by atoms with Gasteiger partial charge in [0.25, 0.3) is 5.91 Å². The summed E-state index contributed by atoms with van der Waals surface area (Å²) in [6, 6.07) is 4.61. The van der Waals surface area contributed by atoms with E-state index in [-0.39, 0.29) is 28.3 Å². The quantitative estimate of drug-likeness (QED) is 0.714. The van der Waals surface area contributed by atoms with Crippen molar-refractivity contribution in [2.24, 2.45) is 0 Å². The highest BCUT2D eigenvalue weighted by Gasteiger charge is 2.29. The first-order chi connectivity index (χ1) is 13.6. The third-order valence-corrected chi connectivity index (χ3v) is 5.80. The Balaban J connectivity index is 1.58. The minimum absolute atomic E-state index is 0.0951. The lowest BCUT2D eigenvalue weighted by Crippen LogP contribution is -2.41. The monoisotopic (exact) mass is 437 g/mol. The fraction of sp³-hybridized carbons (Fsp3) is 0.450. The number of para-hydroxylation sites is 1. The molecule has 0 unspecified atom stereocenters. The number of likely N-dealkylation sites (tertiary alicyclic amines) is 1. The second-order valence-electron chi connectivity index (χ2n) is 7.90. The summed E-state index contributed by atoms with van der Waals surface area (Å²) in [5.41, 5.74) is -0.411. The van der Waals surface area contributed by atoms with Crippen LogP contribution in [0.5, 0.6) is 5.75 Å². The molecule has 1 fully saturated rings. The molecule has 2 aromatic rings. The van der Waals surface area contributed by atoms with Gasteiger partial charge in [0.15, 0.2) is 0 Å². The number of phenols is 1. The van der Waals surface area contributed by atoms with Crippen molar-refractivity contribution in [1.82, 2.24) is 9.88 Å². The van der Waals surface area contributed by atoms with E-state index in [2.05, 4.69) is 10.3 Å². The lowest BCUT2D eigenvalue weighted by atomic mass is 9.98. The van der Waals surface area contributed by atoms with Gasteiger partial charge in [-0.15, -0.1) is 11.3 Å². The van der Waals surface area contributed by atoms with Crippen LogP contribution in [0.15, 0.2) is 23.6 Å². The molecule has 1 saturated heterocycles. The zero-order chi connectivity index (χ0) is 21.2. The van der Waals surface area contributed by atoms with Crippen LogP contribution in [0.25, 0.3) is 0 Å². The van der Waals surface area contributed by atoms with Crippen molar-refractivity contribution in [3.8, 4) is 5.75 Å². The molecular weight excluding hydrogens is 414 g/mol. The number of carbonyl (C=O) groups excluding carboxylic acids is 2. The van der Waals surface area contributed by atoms with Gasteiger partial charge in [0.05, 0.1) is 15.6 Å². The second-order valence-corrected chi connectivity index (χ2v) is 9.20. The number of halogens is 1. The number of ether oxygens (including phenoxy) is 1. The smallest absolute Gasteiger partial charge is 0.410 e. The number of aromatic hydroxyl groups is 1. The number of hydrogen-bond donors (Lipinski definition) is 2. The molecule has 2 amide bonds. The van der Waals surface area contributed by atoms with E-state index in [1.165, 1.54) is 23.5 Å². The Morgan fingerprint density at radius 3 is 2.66 bits per heavy atom. The minimum atomic E-state index is -0.506. The number of anilines is 1. The summed E-state index contributed by atoms with van der Waals surface area (Å²) in [6.45, 7) is 6.78. The van der Waals surface area contributed by atoms with Gasteiger partial charge in [-0.2, -0.15) is 0 Å². The Bertz CT molecular complexity index is 901. The highest BCUT2D eigenvalue weighted by atomic mass is 35.5. The molecule has 7 nitrogen and oxygen atoms in total. The van der Waals surface area contributed by atoms with Crippen LogP contribution in [0, 0.1) is 0 Å². The van der Waals surface area contributed by atoms with E-state index in [1.54, 1.807) is 16.3 Å². The van der Waals surface area contributed by atoms with Crippen molar-refractivity contribution in [2.45, 2.75) is 45.1 Å². The van der Waals surface area contributed by atoms with Gasteiger partial charge in [0.1, 0.15) is 17.2 Å². The number of benzene rings is 1. The Morgan fingerprint density at radius 1 is 1.31 bits per heavy atom. The maximum absolute atomic E-state index is 12.4. The molecule has 0 bridgehead atoms. The standard InChI is InChI=1S/C20H24ClN3O4S/c1-20(2,3)28-19(27)24-9-7-12(8-10-24)18-23-15(11-29-18)22-17(26)13-5-4-6-14(21)16(13)25/h4-6,11-12,25H,7-10H2,1-3H3,(H,22,26). The molecular formula is C20H24ClN3O4S. The third-order valence-electron chi connectivity index (χ3n) is 4.49. The van der Waals surface area contributed by atoms with Gasteiger partial charge in [-0.3, -0.25) is 4.79 Å². The van der Waals surface area contributed by atoms with E-state index >= 15 is 0 Å². The molecule has 0 saturated carbocycles. The summed E-state index contributed by atoms with van der Waals surface area (Å²) in [4.78, 5) is 30.8. The van der Waals surface area contributed by atoms with Gasteiger partial charge in [-0.05, 0) is 45.7 Å². The van der Waals surface area contributed by atoms with Crippen LogP contribution in [0.2, 0.25) is 5.02 Å². The third kappa shape index (κ3) is 5.39. The summed E-state index contributed by atoms with van der Waals surface area (Å²) in [6.07, 6.45) is 1.29. The van der Waals surface area contributed by atoms with Gasteiger partial charge < -0.3 is 20.1 Å². The van der Waals surface area contributed by atoms with Crippen molar-refractivity contribution >= 4 is 40.8 Å². The van der Waals surface area contributed by atoms with Crippen LogP contribution in [-0.2, 0) is 4.74 Å². The highest BCUT2D eigenvalue weighted by Crippen LogP contribution is 2.33. The number of piperidine rings is 1. The average Bonchev–Trinajstić information content (AvgIpc) is 3.11. The van der Waals surface area contributed by atoms with E-state index < -0.39 is 11.5 Å². The molecule has 1 aromatic carbocycles. The molecule has 1 aliphatic rings. The van der Waals surface area contributed by atoms with Crippen LogP contribution >= 0.6 is 22.9 Å². The highest BCUT2D eigenvalue weighted by molar-refractivity contribution is 7.10. The molecule has 156 valence electrons. The fourth-order valence-electron chi connectivity index (χ4n) is 3.05. The van der Waals surface area contributed by atoms with E-state index in [1.807, 2.05) is 20.8 Å². The summed E-state index contributed by atoms with van der Waals surface area (Å²) >= 11 is 7.33. The molecule has 9 heteroatoms. The Kier molecular flexibility index (Phi) is 6.33. The van der Waals surface area contributed by atoms with Crippen LogP contribution in [0.1, 0.15) is 54.9 Å². The second kappa shape index (κ2) is 8.59. The zero-order valence-electron chi connectivity index (χ0n) is 16.6. The average molecular weight is 438 g/mol. The van der Waals surface area contributed by atoms with Gasteiger partial charge in [0, 0.05) is 24.4 Å². The molecule has 0 spiro atoms. The predicted octanol–water partition coefficient (Wildman–Crippen LogP) is 4.87. The van der Waals surface area contributed by atoms with Crippen molar-refractivity contribution in [3.63, 3.8) is 0 Å². The summed E-state index contributed by atoms with van der Waals surface area (Å²) in [7, 11) is 0. The first-order valence-corrected chi connectivity index (χ1v) is 10.6. The fourth-order valence-corrected chi connectivity index (χ4v) is 4.15. The lowest BCUT2D eigenvalue weighted by Gasteiger charge is -2.32. The van der Waals surface area contributed by atoms with E-state index in [0.29, 0.717) is 18.9 Å². The molecule has 2 heterocycles. The number of hydrogen-bond acceptors (Lipinski definition) is 6. The van der Waals surface area contributed by atoms with Crippen molar-refractivity contribution < 1.29 is 19.4 Å².